The Hall–Kier alpha value is -4.14. The Labute approximate surface area is 261 Å². The van der Waals surface area contributed by atoms with Gasteiger partial charge in [0.15, 0.2) is 6.54 Å². The van der Waals surface area contributed by atoms with E-state index in [9.17, 15) is 0 Å². The van der Waals surface area contributed by atoms with Crippen molar-refractivity contribution in [2.24, 2.45) is 0 Å². The fourth-order valence-electron chi connectivity index (χ4n) is 5.47. The molecule has 1 aliphatic rings. The van der Waals surface area contributed by atoms with E-state index in [-0.39, 0.29) is 20.1 Å². The van der Waals surface area contributed by atoms with E-state index in [1.165, 1.54) is 39.6 Å². The molecule has 0 aliphatic carbocycles. The van der Waals surface area contributed by atoms with E-state index in [2.05, 4.69) is 118 Å². The Morgan fingerprint density at radius 1 is 0.833 bits per heavy atom. The minimum atomic E-state index is 0. The summed E-state index contributed by atoms with van der Waals surface area (Å²) in [5, 5.41) is 2.55. The molecule has 3 heterocycles. The van der Waals surface area contributed by atoms with E-state index in [0.717, 1.165) is 29.9 Å². The summed E-state index contributed by atoms with van der Waals surface area (Å²) >= 11 is 0. The van der Waals surface area contributed by atoms with Crippen LogP contribution in [0.2, 0.25) is 0 Å². The molecule has 4 aromatic carbocycles. The Morgan fingerprint density at radius 3 is 2.33 bits per heavy atom. The first kappa shape index (κ1) is 29.4. The summed E-state index contributed by atoms with van der Waals surface area (Å²) in [4.78, 5) is 4.22. The van der Waals surface area contributed by atoms with Crippen LogP contribution >= 0.6 is 0 Å². The molecule has 0 saturated heterocycles. The summed E-state index contributed by atoms with van der Waals surface area (Å²) in [6.45, 7) is 7.71. The van der Waals surface area contributed by atoms with E-state index in [1.807, 2.05) is 42.5 Å². The predicted molar refractivity (Wildman–Crippen MR) is 170 cm³/mol. The average molecular weight is 727 g/mol. The summed E-state index contributed by atoms with van der Waals surface area (Å²) < 4.78 is 6.83. The van der Waals surface area contributed by atoms with Crippen molar-refractivity contribution in [3.05, 3.63) is 121 Å². The molecule has 0 fully saturated rings. The second-order valence-electron chi connectivity index (χ2n) is 10.5. The van der Waals surface area contributed by atoms with E-state index in [4.69, 9.17) is 0 Å². The van der Waals surface area contributed by atoms with Gasteiger partial charge in [0.25, 0.3) is 11.4 Å². The fraction of sp³-hybridized carbons (Fsp3) is 0.189. The van der Waals surface area contributed by atoms with E-state index in [1.54, 1.807) is 6.20 Å². The molecule has 0 unspecified atom stereocenters. The number of pyridine rings is 1. The third-order valence-electron chi connectivity index (χ3n) is 7.40. The monoisotopic (exact) mass is 727 g/mol. The summed E-state index contributed by atoms with van der Waals surface area (Å²) in [6, 6.07) is 45.9. The Morgan fingerprint density at radius 2 is 1.60 bits per heavy atom. The third-order valence-corrected chi connectivity index (χ3v) is 7.40. The largest absolute Gasteiger partial charge is 0.494 e. The number of rotatable bonds is 6. The molecule has 1 radical (unpaired) electrons. The topological polar surface area (TPSA) is 23.8 Å². The Bertz CT molecular complexity index is 1840. The SMILES string of the molecule is CCCC[N+]1=C=[N+](c2[c-]cc3c4ccccc4n(C(C)C)c3c2)c2ccccc21.[Ir].[c-]1ccccc1-c1ccccn1. The fourth-order valence-corrected chi connectivity index (χ4v) is 5.47. The average Bonchev–Trinajstić information content (AvgIpc) is 3.57. The predicted octanol–water partition coefficient (Wildman–Crippen LogP) is 9.19. The van der Waals surface area contributed by atoms with Crippen LogP contribution < -0.4 is 4.58 Å². The molecular formula is C37H34IrN4. The van der Waals surface area contributed by atoms with Gasteiger partial charge >= 0.3 is 6.01 Å². The van der Waals surface area contributed by atoms with Gasteiger partial charge < -0.3 is 9.55 Å². The van der Waals surface area contributed by atoms with Crippen LogP contribution in [0.4, 0.5) is 17.1 Å². The van der Waals surface area contributed by atoms with Crippen molar-refractivity contribution in [2.45, 2.75) is 39.7 Å². The molecule has 1 aliphatic heterocycles. The molecule has 0 spiro atoms. The molecule has 0 bridgehead atoms. The van der Waals surface area contributed by atoms with Gasteiger partial charge in [-0.05, 0) is 37.1 Å². The van der Waals surface area contributed by atoms with E-state index >= 15 is 0 Å². The molecule has 0 saturated carbocycles. The number of hydrogen-bond acceptors (Lipinski definition) is 1. The molecule has 0 atom stereocenters. The Balaban J connectivity index is 0.000000228. The number of hydrogen-bond donors (Lipinski definition) is 0. The molecule has 42 heavy (non-hydrogen) atoms. The van der Waals surface area contributed by atoms with Crippen LogP contribution in [0.25, 0.3) is 33.1 Å². The normalized spacial score (nSPS) is 11.9. The molecular weight excluding hydrogens is 693 g/mol. The number of fused-ring (bicyclic) bond motifs is 4. The van der Waals surface area contributed by atoms with Gasteiger partial charge in [0.05, 0.1) is 0 Å². The van der Waals surface area contributed by atoms with Gasteiger partial charge in [-0.15, -0.1) is 47.3 Å². The van der Waals surface area contributed by atoms with Crippen molar-refractivity contribution in [2.75, 3.05) is 6.54 Å². The zero-order chi connectivity index (χ0) is 28.2. The number of unbranched alkanes of at least 4 members (excludes halogenated alkanes) is 1. The molecule has 7 rings (SSSR count). The molecule has 4 nitrogen and oxygen atoms in total. The molecule has 0 amide bonds. The maximum Gasteiger partial charge on any atom is 0.494 e. The van der Waals surface area contributed by atoms with Crippen molar-refractivity contribution in [3.63, 3.8) is 0 Å². The Kier molecular flexibility index (Phi) is 9.25. The van der Waals surface area contributed by atoms with Crippen LogP contribution in [0.15, 0.2) is 109 Å². The van der Waals surface area contributed by atoms with Gasteiger partial charge in [0.1, 0.15) is 5.69 Å². The second kappa shape index (κ2) is 13.2. The molecule has 5 heteroatoms. The van der Waals surface area contributed by atoms with Crippen LogP contribution in [-0.4, -0.2) is 26.7 Å². The van der Waals surface area contributed by atoms with Crippen molar-refractivity contribution < 1.29 is 24.7 Å². The van der Waals surface area contributed by atoms with Crippen LogP contribution in [0.3, 0.4) is 0 Å². The quantitative estimate of drug-likeness (QED) is 0.124. The van der Waals surface area contributed by atoms with Gasteiger partial charge in [-0.2, -0.15) is 6.07 Å². The van der Waals surface area contributed by atoms with Crippen LogP contribution in [0, 0.1) is 12.1 Å². The van der Waals surface area contributed by atoms with Crippen molar-refractivity contribution in [1.82, 2.24) is 14.1 Å². The summed E-state index contributed by atoms with van der Waals surface area (Å²) in [5.74, 6) is 0. The smallest absolute Gasteiger partial charge is 0.362 e. The summed E-state index contributed by atoms with van der Waals surface area (Å²) in [7, 11) is 0. The number of benzene rings is 4. The van der Waals surface area contributed by atoms with Crippen molar-refractivity contribution in [3.8, 4) is 11.3 Å². The minimum absolute atomic E-state index is 0. The zero-order valence-electron chi connectivity index (χ0n) is 24.2. The first-order chi connectivity index (χ1) is 20.2. The second-order valence-corrected chi connectivity index (χ2v) is 10.5. The summed E-state index contributed by atoms with van der Waals surface area (Å²) in [5.41, 5.74) is 7.97. The van der Waals surface area contributed by atoms with Gasteiger partial charge in [-0.3, -0.25) is 0 Å². The first-order valence-corrected chi connectivity index (χ1v) is 14.4. The van der Waals surface area contributed by atoms with Crippen LogP contribution in [-0.2, 0) is 20.1 Å². The van der Waals surface area contributed by atoms with Crippen LogP contribution in [0.5, 0.6) is 0 Å². The van der Waals surface area contributed by atoms with Gasteiger partial charge in [-0.25, -0.2) is 0 Å². The molecule has 0 N–H and O–H groups in total. The van der Waals surface area contributed by atoms with E-state index in [0.29, 0.717) is 6.04 Å². The standard InChI is InChI=1S/C26H26N3.C11H8N.Ir/c1-4-5-16-27-18-28(25-13-9-8-12-24(25)27)20-14-15-22-21-10-6-7-11-23(21)29(19(2)3)26(22)17-20;1-2-6-10(7-3-1)11-8-4-5-9-12-11;/h6-13,15,17,19H,4-5,16H2,1-3H3;1-6,8-9H;/q+1;-1;. The molecule has 2 aromatic heterocycles. The molecule has 6 aromatic rings. The van der Waals surface area contributed by atoms with Crippen LogP contribution in [0.1, 0.15) is 39.7 Å². The van der Waals surface area contributed by atoms with Gasteiger partial charge in [0, 0.05) is 56.4 Å². The van der Waals surface area contributed by atoms with Gasteiger partial charge in [-0.1, -0.05) is 76.5 Å². The number of aromatic nitrogens is 2. The van der Waals surface area contributed by atoms with Crippen molar-refractivity contribution in [1.29, 1.82) is 0 Å². The maximum atomic E-state index is 4.22. The number of para-hydroxylation sites is 3. The van der Waals surface area contributed by atoms with Gasteiger partial charge in [0.2, 0.25) is 0 Å². The first-order valence-electron chi connectivity index (χ1n) is 14.4. The number of nitrogens with zero attached hydrogens (tertiary/aromatic N) is 4. The minimum Gasteiger partial charge on any atom is -0.362 e. The van der Waals surface area contributed by atoms with E-state index < -0.39 is 0 Å². The summed E-state index contributed by atoms with van der Waals surface area (Å²) in [6.07, 6.45) is 4.11. The third kappa shape index (κ3) is 5.78. The van der Waals surface area contributed by atoms with Crippen molar-refractivity contribution >= 4 is 44.9 Å². The maximum absolute atomic E-state index is 4.22. The molecule has 211 valence electrons. The zero-order valence-corrected chi connectivity index (χ0v) is 26.6.